The normalized spacial score (nSPS) is 16.4. The van der Waals surface area contributed by atoms with Gasteiger partial charge >= 0.3 is 0 Å². The average Bonchev–Trinajstić information content (AvgIpc) is 2.68. The minimum Gasteiger partial charge on any atom is -0.302 e. The fourth-order valence-electron chi connectivity index (χ4n) is 1.89. The summed E-state index contributed by atoms with van der Waals surface area (Å²) in [7, 11) is -3.23. The van der Waals surface area contributed by atoms with Gasteiger partial charge in [-0.2, -0.15) is 4.31 Å². The standard InChI is InChI=1S/C11H17N3O3S2/c1-7(2)19(16,17)14-5-4-9-10(6-14)18-11(13-9)12-8(3)15/h7H,4-6H2,1-3H3,(H,12,13,15). The van der Waals surface area contributed by atoms with Crippen molar-refractivity contribution >= 4 is 32.4 Å². The zero-order chi connectivity index (χ0) is 14.2. The van der Waals surface area contributed by atoms with E-state index in [-0.39, 0.29) is 5.91 Å². The minimum absolute atomic E-state index is 0.169. The van der Waals surface area contributed by atoms with Crippen LogP contribution in [0.25, 0.3) is 0 Å². The highest BCUT2D eigenvalue weighted by molar-refractivity contribution is 7.89. The number of thiazole rings is 1. The van der Waals surface area contributed by atoms with Crippen LogP contribution in [-0.2, 0) is 27.8 Å². The molecular weight excluding hydrogens is 286 g/mol. The zero-order valence-corrected chi connectivity index (χ0v) is 12.8. The van der Waals surface area contributed by atoms with Crippen molar-refractivity contribution in [2.24, 2.45) is 0 Å². The number of rotatable bonds is 3. The maximum Gasteiger partial charge on any atom is 0.223 e. The molecule has 2 rings (SSSR count). The van der Waals surface area contributed by atoms with E-state index in [0.29, 0.717) is 24.6 Å². The van der Waals surface area contributed by atoms with Gasteiger partial charge in [0, 0.05) is 31.3 Å². The van der Waals surface area contributed by atoms with Crippen molar-refractivity contribution in [2.75, 3.05) is 11.9 Å². The predicted octanol–water partition coefficient (Wildman–Crippen LogP) is 1.20. The Labute approximate surface area is 116 Å². The molecule has 1 aliphatic heterocycles. The summed E-state index contributed by atoms with van der Waals surface area (Å²) in [6, 6.07) is 0. The highest BCUT2D eigenvalue weighted by Crippen LogP contribution is 2.30. The van der Waals surface area contributed by atoms with Crippen LogP contribution in [0, 0.1) is 0 Å². The van der Waals surface area contributed by atoms with Crippen molar-refractivity contribution in [3.8, 4) is 0 Å². The molecule has 1 aliphatic rings. The van der Waals surface area contributed by atoms with E-state index in [0.717, 1.165) is 10.6 Å². The number of nitrogens with zero attached hydrogens (tertiary/aromatic N) is 2. The summed E-state index contributed by atoms with van der Waals surface area (Å²) in [6.07, 6.45) is 0.595. The lowest BCUT2D eigenvalue weighted by Gasteiger charge is -2.26. The van der Waals surface area contributed by atoms with E-state index in [9.17, 15) is 13.2 Å². The Kier molecular flexibility index (Phi) is 3.93. The van der Waals surface area contributed by atoms with Crippen molar-refractivity contribution in [1.29, 1.82) is 0 Å². The van der Waals surface area contributed by atoms with E-state index in [1.54, 1.807) is 13.8 Å². The second kappa shape index (κ2) is 5.18. The van der Waals surface area contributed by atoms with Crippen LogP contribution >= 0.6 is 11.3 Å². The van der Waals surface area contributed by atoms with Gasteiger partial charge in [-0.05, 0) is 13.8 Å². The number of hydrogen-bond acceptors (Lipinski definition) is 5. The lowest BCUT2D eigenvalue weighted by atomic mass is 10.2. The van der Waals surface area contributed by atoms with E-state index < -0.39 is 15.3 Å². The molecule has 19 heavy (non-hydrogen) atoms. The van der Waals surface area contributed by atoms with Gasteiger partial charge in [0.2, 0.25) is 15.9 Å². The summed E-state index contributed by atoms with van der Waals surface area (Å²) in [4.78, 5) is 16.2. The van der Waals surface area contributed by atoms with Crippen molar-refractivity contribution in [2.45, 2.75) is 39.0 Å². The van der Waals surface area contributed by atoms with E-state index in [1.807, 2.05) is 0 Å². The van der Waals surface area contributed by atoms with Gasteiger partial charge < -0.3 is 5.32 Å². The van der Waals surface area contributed by atoms with Gasteiger partial charge in [0.05, 0.1) is 10.9 Å². The van der Waals surface area contributed by atoms with Crippen molar-refractivity contribution in [3.63, 3.8) is 0 Å². The molecule has 0 bridgehead atoms. The lowest BCUT2D eigenvalue weighted by Crippen LogP contribution is -2.39. The monoisotopic (exact) mass is 303 g/mol. The molecule has 1 aromatic heterocycles. The number of hydrogen-bond donors (Lipinski definition) is 1. The first-order valence-corrected chi connectivity index (χ1v) is 8.38. The summed E-state index contributed by atoms with van der Waals surface area (Å²) in [5.74, 6) is -0.169. The third kappa shape index (κ3) is 2.96. The molecule has 0 saturated heterocycles. The van der Waals surface area contributed by atoms with E-state index in [2.05, 4.69) is 10.3 Å². The van der Waals surface area contributed by atoms with Gasteiger partial charge in [0.15, 0.2) is 5.13 Å². The SMILES string of the molecule is CC(=O)Nc1nc2c(s1)CN(S(=O)(=O)C(C)C)CC2. The molecule has 106 valence electrons. The second-order valence-corrected chi connectivity index (χ2v) is 8.32. The Balaban J connectivity index is 2.20. The summed E-state index contributed by atoms with van der Waals surface area (Å²) in [5, 5.41) is 2.76. The largest absolute Gasteiger partial charge is 0.302 e. The third-order valence-corrected chi connectivity index (χ3v) is 6.16. The molecule has 0 atom stereocenters. The predicted molar refractivity (Wildman–Crippen MR) is 74.6 cm³/mol. The van der Waals surface area contributed by atoms with Crippen LogP contribution in [0.4, 0.5) is 5.13 Å². The third-order valence-electron chi connectivity index (χ3n) is 2.93. The first-order valence-electron chi connectivity index (χ1n) is 6.06. The number of aromatic nitrogens is 1. The maximum atomic E-state index is 12.1. The summed E-state index contributed by atoms with van der Waals surface area (Å²) in [6.45, 7) is 5.60. The van der Waals surface area contributed by atoms with Gasteiger partial charge in [-0.3, -0.25) is 4.79 Å². The quantitative estimate of drug-likeness (QED) is 0.910. The Bertz CT molecular complexity index is 592. The number of carbonyl (C=O) groups is 1. The highest BCUT2D eigenvalue weighted by atomic mass is 32.2. The molecule has 0 radical (unpaired) electrons. The zero-order valence-electron chi connectivity index (χ0n) is 11.1. The summed E-state index contributed by atoms with van der Waals surface area (Å²) >= 11 is 1.35. The first-order chi connectivity index (χ1) is 8.80. The number of carbonyl (C=O) groups excluding carboxylic acids is 1. The Morgan fingerprint density at radius 3 is 2.74 bits per heavy atom. The Morgan fingerprint density at radius 2 is 2.16 bits per heavy atom. The van der Waals surface area contributed by atoms with Crippen LogP contribution < -0.4 is 5.32 Å². The molecule has 0 saturated carbocycles. The summed E-state index contributed by atoms with van der Waals surface area (Å²) in [5.41, 5.74) is 0.893. The van der Waals surface area contributed by atoms with Crippen LogP contribution in [0.1, 0.15) is 31.3 Å². The maximum absolute atomic E-state index is 12.1. The molecule has 1 N–H and O–H groups in total. The minimum atomic E-state index is -3.23. The van der Waals surface area contributed by atoms with E-state index >= 15 is 0 Å². The topological polar surface area (TPSA) is 79.4 Å². The smallest absolute Gasteiger partial charge is 0.223 e. The molecule has 0 fully saturated rings. The van der Waals surface area contributed by atoms with Crippen molar-refractivity contribution < 1.29 is 13.2 Å². The van der Waals surface area contributed by atoms with Crippen LogP contribution in [-0.4, -0.2) is 35.4 Å². The molecule has 1 amide bonds. The molecular formula is C11H17N3O3S2. The molecule has 0 aliphatic carbocycles. The van der Waals surface area contributed by atoms with Gasteiger partial charge in [-0.15, -0.1) is 11.3 Å². The molecule has 8 heteroatoms. The number of fused-ring (bicyclic) bond motifs is 1. The van der Waals surface area contributed by atoms with E-state index in [4.69, 9.17) is 0 Å². The number of amides is 1. The van der Waals surface area contributed by atoms with E-state index in [1.165, 1.54) is 22.6 Å². The van der Waals surface area contributed by atoms with Crippen LogP contribution in [0.2, 0.25) is 0 Å². The van der Waals surface area contributed by atoms with Gasteiger partial charge in [0.1, 0.15) is 0 Å². The molecule has 0 aromatic carbocycles. The highest BCUT2D eigenvalue weighted by Gasteiger charge is 2.31. The van der Waals surface area contributed by atoms with Crippen LogP contribution in [0.3, 0.4) is 0 Å². The molecule has 0 spiro atoms. The first kappa shape index (κ1) is 14.4. The number of anilines is 1. The van der Waals surface area contributed by atoms with Crippen LogP contribution in [0.15, 0.2) is 0 Å². The van der Waals surface area contributed by atoms with Gasteiger partial charge in [-0.1, -0.05) is 0 Å². The number of sulfonamides is 1. The second-order valence-electron chi connectivity index (χ2n) is 4.75. The number of nitrogens with one attached hydrogen (secondary N) is 1. The molecule has 6 nitrogen and oxygen atoms in total. The lowest BCUT2D eigenvalue weighted by molar-refractivity contribution is -0.114. The van der Waals surface area contributed by atoms with Crippen LogP contribution in [0.5, 0.6) is 0 Å². The van der Waals surface area contributed by atoms with Crippen molar-refractivity contribution in [1.82, 2.24) is 9.29 Å². The average molecular weight is 303 g/mol. The molecule has 1 aromatic rings. The Morgan fingerprint density at radius 1 is 1.47 bits per heavy atom. The fraction of sp³-hybridized carbons (Fsp3) is 0.636. The summed E-state index contributed by atoms with van der Waals surface area (Å²) < 4.78 is 25.7. The van der Waals surface area contributed by atoms with Gasteiger partial charge in [-0.25, -0.2) is 13.4 Å². The molecule has 0 unspecified atom stereocenters. The van der Waals surface area contributed by atoms with Gasteiger partial charge in [0.25, 0.3) is 0 Å². The van der Waals surface area contributed by atoms with Crippen molar-refractivity contribution in [3.05, 3.63) is 10.6 Å². The Hall–Kier alpha value is -0.990. The molecule has 2 heterocycles. The fourth-order valence-corrected chi connectivity index (χ4v) is 4.29.